The minimum atomic E-state index is -1.61. The summed E-state index contributed by atoms with van der Waals surface area (Å²) in [5.74, 6) is -0.0422. The maximum atomic E-state index is 11.9. The number of allylic oxidation sites excluding steroid dienone is 1. The summed E-state index contributed by atoms with van der Waals surface area (Å²) >= 11 is 0. The van der Waals surface area contributed by atoms with Crippen LogP contribution in [0.25, 0.3) is 0 Å². The fourth-order valence-electron chi connectivity index (χ4n) is 12.0. The summed E-state index contributed by atoms with van der Waals surface area (Å²) in [6, 6.07) is 0. The van der Waals surface area contributed by atoms with Gasteiger partial charge in [-0.05, 0) is 84.9 Å². The summed E-state index contributed by atoms with van der Waals surface area (Å²) in [7, 11) is 0. The number of ether oxygens (including phenoxy) is 2. The van der Waals surface area contributed by atoms with Crippen LogP contribution in [0.5, 0.6) is 0 Å². The molecule has 10 nitrogen and oxygen atoms in total. The molecule has 6 rings (SSSR count). The van der Waals surface area contributed by atoms with E-state index in [1.807, 2.05) is 6.92 Å². The normalized spacial score (nSPS) is 57.6. The van der Waals surface area contributed by atoms with Crippen molar-refractivity contribution >= 4 is 0 Å². The largest absolute Gasteiger partial charge is 0.396 e. The predicted octanol–water partition coefficient (Wildman–Crippen LogP) is 1.63. The Bertz CT molecular complexity index is 1180. The van der Waals surface area contributed by atoms with Crippen LogP contribution in [0.4, 0.5) is 0 Å². The topological polar surface area (TPSA) is 180 Å². The molecular formula is C35H58O10. The molecule has 5 fully saturated rings. The van der Waals surface area contributed by atoms with Gasteiger partial charge in [0.15, 0.2) is 6.29 Å². The Morgan fingerprint density at radius 1 is 0.844 bits per heavy atom. The number of aliphatic hydroxyl groups is 8. The van der Waals surface area contributed by atoms with Gasteiger partial charge in [-0.1, -0.05) is 53.2 Å². The molecule has 1 heterocycles. The average Bonchev–Trinajstić information content (AvgIpc) is 2.96. The highest BCUT2D eigenvalue weighted by Crippen LogP contribution is 2.75. The van der Waals surface area contributed by atoms with E-state index in [4.69, 9.17) is 9.47 Å². The van der Waals surface area contributed by atoms with Gasteiger partial charge in [-0.3, -0.25) is 0 Å². The van der Waals surface area contributed by atoms with Crippen LogP contribution < -0.4 is 0 Å². The fourth-order valence-corrected chi connectivity index (χ4v) is 12.0. The van der Waals surface area contributed by atoms with Crippen molar-refractivity contribution in [1.82, 2.24) is 0 Å². The van der Waals surface area contributed by atoms with Gasteiger partial charge in [0, 0.05) is 11.3 Å². The Morgan fingerprint density at radius 3 is 2.18 bits per heavy atom. The van der Waals surface area contributed by atoms with Crippen LogP contribution in [0.1, 0.15) is 92.9 Å². The molecule has 45 heavy (non-hydrogen) atoms. The van der Waals surface area contributed by atoms with Gasteiger partial charge in [-0.25, -0.2) is 0 Å². The molecule has 1 aliphatic heterocycles. The van der Waals surface area contributed by atoms with E-state index >= 15 is 0 Å². The van der Waals surface area contributed by atoms with Gasteiger partial charge in [0.1, 0.15) is 24.4 Å². The number of fused-ring (bicyclic) bond motifs is 7. The smallest absolute Gasteiger partial charge is 0.187 e. The van der Waals surface area contributed by atoms with Gasteiger partial charge in [-0.15, -0.1) is 0 Å². The van der Waals surface area contributed by atoms with Crippen molar-refractivity contribution in [2.24, 2.45) is 44.8 Å². The lowest BCUT2D eigenvalue weighted by Crippen LogP contribution is -2.70. The zero-order valence-electron chi connectivity index (χ0n) is 27.9. The summed E-state index contributed by atoms with van der Waals surface area (Å²) < 4.78 is 11.9. The molecule has 0 unspecified atom stereocenters. The molecule has 5 aliphatic carbocycles. The average molecular weight is 639 g/mol. The van der Waals surface area contributed by atoms with Crippen molar-refractivity contribution in [3.8, 4) is 0 Å². The Morgan fingerprint density at radius 2 is 1.53 bits per heavy atom. The minimum Gasteiger partial charge on any atom is -0.396 e. The third kappa shape index (κ3) is 4.64. The summed E-state index contributed by atoms with van der Waals surface area (Å²) in [4.78, 5) is 0. The Hall–Kier alpha value is -0.660. The van der Waals surface area contributed by atoms with Crippen molar-refractivity contribution in [2.75, 3.05) is 13.2 Å². The standard InChI is InChI=1S/C35H58O10/c1-30(2)11-12-35(43)19(13-30)18-7-8-23-31(3)14-20(38)28(45-29-27(42)26(41)25(40)21(16-36)44-29)32(4,17-37)22(31)9-10-33(23,5)34(18,6)15-24(35)39/h7,19-29,36-43H,8-17H2,1-6H3/t19-,20-,21+,22+,23-,24-,25+,26-,27+,28-,29-,31-,32-,33+,34+,35+/m0/s1. The zero-order valence-corrected chi connectivity index (χ0v) is 27.9. The third-order valence-electron chi connectivity index (χ3n) is 14.8. The van der Waals surface area contributed by atoms with Gasteiger partial charge < -0.3 is 50.3 Å². The third-order valence-corrected chi connectivity index (χ3v) is 14.8. The first kappa shape index (κ1) is 34.2. The van der Waals surface area contributed by atoms with Crippen molar-refractivity contribution in [3.05, 3.63) is 11.6 Å². The summed E-state index contributed by atoms with van der Waals surface area (Å²) in [5.41, 5.74) is -1.68. The van der Waals surface area contributed by atoms with Crippen LogP contribution in [-0.2, 0) is 9.47 Å². The van der Waals surface area contributed by atoms with E-state index in [0.717, 1.165) is 32.1 Å². The van der Waals surface area contributed by atoms with E-state index in [1.165, 1.54) is 5.57 Å². The molecule has 0 bridgehead atoms. The monoisotopic (exact) mass is 638 g/mol. The maximum absolute atomic E-state index is 11.9. The Kier molecular flexibility index (Phi) is 8.30. The maximum Gasteiger partial charge on any atom is 0.187 e. The van der Waals surface area contributed by atoms with Gasteiger partial charge in [-0.2, -0.15) is 0 Å². The lowest BCUT2D eigenvalue weighted by Gasteiger charge is -2.72. The molecule has 0 amide bonds. The first-order valence-electron chi connectivity index (χ1n) is 17.2. The number of rotatable bonds is 4. The highest BCUT2D eigenvalue weighted by atomic mass is 16.7. The molecule has 0 spiro atoms. The van der Waals surface area contributed by atoms with E-state index in [-0.39, 0.29) is 40.6 Å². The molecule has 4 saturated carbocycles. The lowest BCUT2D eigenvalue weighted by atomic mass is 9.34. The minimum absolute atomic E-state index is 0.0658. The molecule has 8 N–H and O–H groups in total. The summed E-state index contributed by atoms with van der Waals surface area (Å²) in [6.07, 6.45) is -2.18. The van der Waals surface area contributed by atoms with Crippen molar-refractivity contribution < 1.29 is 50.3 Å². The van der Waals surface area contributed by atoms with Gasteiger partial charge in [0.05, 0.1) is 37.1 Å². The molecule has 0 aromatic carbocycles. The molecule has 0 aromatic heterocycles. The number of aliphatic hydroxyl groups excluding tert-OH is 7. The van der Waals surface area contributed by atoms with Crippen LogP contribution in [0.3, 0.4) is 0 Å². The molecule has 0 aromatic rings. The van der Waals surface area contributed by atoms with Crippen molar-refractivity contribution in [3.63, 3.8) is 0 Å². The molecular weight excluding hydrogens is 580 g/mol. The second-order valence-corrected chi connectivity index (χ2v) is 17.6. The first-order chi connectivity index (χ1) is 20.8. The van der Waals surface area contributed by atoms with Crippen LogP contribution in [0, 0.1) is 44.8 Å². The quantitative estimate of drug-likeness (QED) is 0.167. The highest BCUT2D eigenvalue weighted by molar-refractivity contribution is 5.35. The predicted molar refractivity (Wildman–Crippen MR) is 164 cm³/mol. The van der Waals surface area contributed by atoms with Gasteiger partial charge in [0.2, 0.25) is 0 Å². The Balaban J connectivity index is 1.34. The van der Waals surface area contributed by atoms with Crippen molar-refractivity contribution in [1.29, 1.82) is 0 Å². The van der Waals surface area contributed by atoms with E-state index in [9.17, 15) is 40.9 Å². The molecule has 0 radical (unpaired) electrons. The first-order valence-corrected chi connectivity index (χ1v) is 17.2. The van der Waals surface area contributed by atoms with Crippen LogP contribution in [0.15, 0.2) is 11.6 Å². The molecule has 16 atom stereocenters. The second-order valence-electron chi connectivity index (χ2n) is 17.6. The molecule has 6 aliphatic rings. The summed E-state index contributed by atoms with van der Waals surface area (Å²) in [6.45, 7) is 12.4. The van der Waals surface area contributed by atoms with Crippen molar-refractivity contribution in [2.45, 2.75) is 148 Å². The van der Waals surface area contributed by atoms with Gasteiger partial charge in [0.25, 0.3) is 0 Å². The second kappa shape index (κ2) is 10.9. The zero-order chi connectivity index (χ0) is 33.1. The van der Waals surface area contributed by atoms with Gasteiger partial charge >= 0.3 is 0 Å². The number of hydrogen-bond acceptors (Lipinski definition) is 10. The van der Waals surface area contributed by atoms with E-state index in [1.54, 1.807) is 0 Å². The van der Waals surface area contributed by atoms with Crippen LogP contribution in [0.2, 0.25) is 0 Å². The fraction of sp³-hybridized carbons (Fsp3) is 0.943. The van der Waals surface area contributed by atoms with E-state index < -0.39 is 72.1 Å². The SMILES string of the molecule is CC1(C)CC[C@]2(O)[C@@H](O)C[C@]3(C)C(=CC[C@H]4[C@@]5(C)C[C@H](O)[C@H](O[C@@H]6O[C@H](CO)[C@@H](O)[C@H](O)[C@H]6O)[C@@](C)(CO)[C@@H]5CC[C@]43C)[C@@H]2C1. The highest BCUT2D eigenvalue weighted by Gasteiger charge is 2.71. The molecule has 1 saturated heterocycles. The molecule has 258 valence electrons. The van der Waals surface area contributed by atoms with E-state index in [0.29, 0.717) is 19.3 Å². The van der Waals surface area contributed by atoms with E-state index in [2.05, 4.69) is 40.7 Å². The molecule has 10 heteroatoms. The summed E-state index contributed by atoms with van der Waals surface area (Å²) in [5, 5.41) is 87.4. The Labute approximate surface area is 267 Å². The van der Waals surface area contributed by atoms with Crippen LogP contribution in [-0.4, -0.2) is 109 Å². The lowest BCUT2D eigenvalue weighted by molar-refractivity contribution is -0.345. The number of hydrogen-bond donors (Lipinski definition) is 8. The van der Waals surface area contributed by atoms with Crippen LogP contribution >= 0.6 is 0 Å².